The summed E-state index contributed by atoms with van der Waals surface area (Å²) in [5.74, 6) is -0.0495. The number of nitrogens with one attached hydrogen (secondary N) is 1. The van der Waals surface area contributed by atoms with Crippen LogP contribution in [0.2, 0.25) is 0 Å². The molecule has 3 N–H and O–H groups in total. The maximum absolute atomic E-state index is 12.5. The van der Waals surface area contributed by atoms with E-state index in [2.05, 4.69) is 67.8 Å². The summed E-state index contributed by atoms with van der Waals surface area (Å²) in [6, 6.07) is -0.551. The van der Waals surface area contributed by atoms with Crippen LogP contribution in [-0.4, -0.2) is 47.4 Å². The molecular formula is C70H131NO5. The van der Waals surface area contributed by atoms with Gasteiger partial charge in [-0.15, -0.1) is 0 Å². The molecule has 0 spiro atoms. The van der Waals surface area contributed by atoms with Gasteiger partial charge in [-0.25, -0.2) is 0 Å². The Labute approximate surface area is 474 Å². The van der Waals surface area contributed by atoms with Gasteiger partial charge < -0.3 is 20.3 Å². The van der Waals surface area contributed by atoms with E-state index in [4.69, 9.17) is 4.74 Å². The molecule has 0 aromatic heterocycles. The molecule has 0 saturated carbocycles. The SMILES string of the molecule is CCCCC/C=C\C/C=C\CCCCCCCC(=O)OCCCCCCCCCCC/C=C\C/C=C\CCCCCCCCCC(=O)NC(CO)C(O)CCCCCCCCCCCCCCCCCCCCCCC. The van der Waals surface area contributed by atoms with Gasteiger partial charge in [-0.2, -0.15) is 0 Å². The van der Waals surface area contributed by atoms with E-state index in [1.807, 2.05) is 0 Å². The maximum atomic E-state index is 12.5. The number of esters is 1. The Balaban J connectivity index is 3.46. The molecule has 0 bridgehead atoms. The maximum Gasteiger partial charge on any atom is 0.305 e. The van der Waals surface area contributed by atoms with Gasteiger partial charge in [0.25, 0.3) is 0 Å². The normalized spacial score (nSPS) is 12.8. The van der Waals surface area contributed by atoms with Gasteiger partial charge >= 0.3 is 5.97 Å². The van der Waals surface area contributed by atoms with E-state index in [-0.39, 0.29) is 18.5 Å². The van der Waals surface area contributed by atoms with Crippen molar-refractivity contribution in [3.8, 4) is 0 Å². The van der Waals surface area contributed by atoms with Crippen LogP contribution in [0.25, 0.3) is 0 Å². The highest BCUT2D eigenvalue weighted by Crippen LogP contribution is 2.18. The molecule has 446 valence electrons. The quantitative estimate of drug-likeness (QED) is 0.0320. The van der Waals surface area contributed by atoms with Gasteiger partial charge in [-0.1, -0.05) is 306 Å². The lowest BCUT2D eigenvalue weighted by Crippen LogP contribution is -2.45. The van der Waals surface area contributed by atoms with Gasteiger partial charge in [0.05, 0.1) is 25.4 Å². The van der Waals surface area contributed by atoms with Gasteiger partial charge in [0.15, 0.2) is 0 Å². The van der Waals surface area contributed by atoms with E-state index in [0.717, 1.165) is 64.2 Å². The molecule has 2 atom stereocenters. The second kappa shape index (κ2) is 65.3. The predicted octanol–water partition coefficient (Wildman–Crippen LogP) is 21.7. The molecule has 6 nitrogen and oxygen atoms in total. The Morgan fingerprint density at radius 2 is 0.658 bits per heavy atom. The fourth-order valence-electron chi connectivity index (χ4n) is 10.4. The zero-order chi connectivity index (χ0) is 55.0. The van der Waals surface area contributed by atoms with Crippen molar-refractivity contribution in [2.75, 3.05) is 13.2 Å². The molecule has 0 rings (SSSR count). The fraction of sp³-hybridized carbons (Fsp3) is 0.857. The third-order valence-corrected chi connectivity index (χ3v) is 15.6. The number of aliphatic hydroxyl groups is 2. The molecule has 0 aromatic rings. The van der Waals surface area contributed by atoms with Crippen LogP contribution in [0.3, 0.4) is 0 Å². The summed E-state index contributed by atoms with van der Waals surface area (Å²) >= 11 is 0. The Bertz CT molecular complexity index is 1270. The molecule has 0 radical (unpaired) electrons. The van der Waals surface area contributed by atoms with Crippen LogP contribution in [0.4, 0.5) is 0 Å². The fourth-order valence-corrected chi connectivity index (χ4v) is 10.4. The molecule has 0 aliphatic carbocycles. The van der Waals surface area contributed by atoms with Crippen molar-refractivity contribution in [2.24, 2.45) is 0 Å². The van der Waals surface area contributed by atoms with Crippen LogP contribution in [0.5, 0.6) is 0 Å². The summed E-state index contributed by atoms with van der Waals surface area (Å²) in [5.41, 5.74) is 0. The van der Waals surface area contributed by atoms with Crippen molar-refractivity contribution in [1.82, 2.24) is 5.32 Å². The van der Waals surface area contributed by atoms with E-state index in [9.17, 15) is 19.8 Å². The van der Waals surface area contributed by atoms with Crippen LogP contribution >= 0.6 is 0 Å². The second-order valence-corrected chi connectivity index (χ2v) is 23.1. The summed E-state index contributed by atoms with van der Waals surface area (Å²) < 4.78 is 5.48. The smallest absolute Gasteiger partial charge is 0.305 e. The van der Waals surface area contributed by atoms with Gasteiger partial charge in [-0.05, 0) is 89.9 Å². The first-order chi connectivity index (χ1) is 37.5. The highest BCUT2D eigenvalue weighted by atomic mass is 16.5. The van der Waals surface area contributed by atoms with Crippen LogP contribution in [0.15, 0.2) is 48.6 Å². The summed E-state index contributed by atoms with van der Waals surface area (Å²) in [6.07, 6.45) is 84.2. The number of allylic oxidation sites excluding steroid dienone is 8. The van der Waals surface area contributed by atoms with Gasteiger partial charge in [-0.3, -0.25) is 9.59 Å². The average Bonchev–Trinajstić information content (AvgIpc) is 3.42. The molecule has 0 heterocycles. The van der Waals surface area contributed by atoms with E-state index < -0.39 is 12.1 Å². The molecule has 0 aliphatic rings. The molecule has 0 fully saturated rings. The highest BCUT2D eigenvalue weighted by Gasteiger charge is 2.20. The highest BCUT2D eigenvalue weighted by molar-refractivity contribution is 5.76. The van der Waals surface area contributed by atoms with Gasteiger partial charge in [0.1, 0.15) is 0 Å². The van der Waals surface area contributed by atoms with Crippen molar-refractivity contribution in [3.63, 3.8) is 0 Å². The van der Waals surface area contributed by atoms with Crippen molar-refractivity contribution in [3.05, 3.63) is 48.6 Å². The van der Waals surface area contributed by atoms with Gasteiger partial charge in [0, 0.05) is 12.8 Å². The number of carbonyl (C=O) groups excluding carboxylic acids is 2. The van der Waals surface area contributed by atoms with Crippen molar-refractivity contribution >= 4 is 11.9 Å². The standard InChI is InChI=1S/C70H131NO5/c1-3-5-7-9-11-13-15-17-19-20-21-25-28-31-35-38-42-46-50-54-58-62-68(73)67(66-72)71-69(74)63-59-55-51-47-43-39-36-32-29-26-23-22-24-27-30-33-37-41-45-49-53-57-61-65-76-70(75)64-60-56-52-48-44-40-34-18-16-14-12-10-8-6-4-2/h12,14,18,22,24,26,29,34,67-68,72-73H,3-11,13,15-17,19-21,23,25,27-28,30-33,35-66H2,1-2H3,(H,71,74)/b14-12-,24-22-,29-26-,34-18-. The molecule has 0 saturated heterocycles. The number of rotatable bonds is 63. The lowest BCUT2D eigenvalue weighted by Gasteiger charge is -2.22. The molecular weight excluding hydrogens is 935 g/mol. The Morgan fingerprint density at radius 3 is 1.03 bits per heavy atom. The van der Waals surface area contributed by atoms with Crippen molar-refractivity contribution in [2.45, 2.75) is 373 Å². The van der Waals surface area contributed by atoms with E-state index in [1.165, 1.54) is 263 Å². The number of carbonyl (C=O) groups is 2. The number of unbranched alkanes of at least 4 members (excludes halogenated alkanes) is 44. The molecule has 0 aliphatic heterocycles. The summed E-state index contributed by atoms with van der Waals surface area (Å²) in [7, 11) is 0. The third kappa shape index (κ3) is 61.0. The van der Waals surface area contributed by atoms with E-state index >= 15 is 0 Å². The molecule has 76 heavy (non-hydrogen) atoms. The summed E-state index contributed by atoms with van der Waals surface area (Å²) in [6.45, 7) is 4.93. The summed E-state index contributed by atoms with van der Waals surface area (Å²) in [5, 5.41) is 23.4. The first-order valence-corrected chi connectivity index (χ1v) is 33.9. The predicted molar refractivity (Wildman–Crippen MR) is 333 cm³/mol. The first-order valence-electron chi connectivity index (χ1n) is 33.9. The number of hydrogen-bond acceptors (Lipinski definition) is 5. The van der Waals surface area contributed by atoms with Crippen molar-refractivity contribution in [1.29, 1.82) is 0 Å². The minimum absolute atomic E-state index is 0.00679. The molecule has 6 heteroatoms. The van der Waals surface area contributed by atoms with Crippen molar-refractivity contribution < 1.29 is 24.5 Å². The van der Waals surface area contributed by atoms with E-state index in [1.54, 1.807) is 0 Å². The van der Waals surface area contributed by atoms with E-state index in [0.29, 0.717) is 25.9 Å². The minimum Gasteiger partial charge on any atom is -0.466 e. The number of hydrogen-bond donors (Lipinski definition) is 3. The number of amides is 1. The lowest BCUT2D eigenvalue weighted by molar-refractivity contribution is -0.143. The average molecular weight is 1070 g/mol. The molecule has 0 aromatic carbocycles. The first kappa shape index (κ1) is 73.8. The largest absolute Gasteiger partial charge is 0.466 e. The Hall–Kier alpha value is -2.18. The van der Waals surface area contributed by atoms with Crippen LogP contribution in [-0.2, 0) is 14.3 Å². The summed E-state index contributed by atoms with van der Waals surface area (Å²) in [4.78, 5) is 24.6. The topological polar surface area (TPSA) is 95.9 Å². The second-order valence-electron chi connectivity index (χ2n) is 23.1. The molecule has 2 unspecified atom stereocenters. The van der Waals surface area contributed by atoms with Crippen LogP contribution < -0.4 is 5.32 Å². The number of ether oxygens (including phenoxy) is 1. The third-order valence-electron chi connectivity index (χ3n) is 15.6. The van der Waals surface area contributed by atoms with Gasteiger partial charge in [0.2, 0.25) is 5.91 Å². The minimum atomic E-state index is -0.673. The lowest BCUT2D eigenvalue weighted by atomic mass is 10.0. The van der Waals surface area contributed by atoms with Crippen LogP contribution in [0.1, 0.15) is 361 Å². The zero-order valence-electron chi connectivity index (χ0n) is 51.0. The Kier molecular flexibility index (Phi) is 63.5. The zero-order valence-corrected chi connectivity index (χ0v) is 51.0. The number of aliphatic hydroxyl groups excluding tert-OH is 2. The monoisotopic (exact) mass is 1070 g/mol. The Morgan fingerprint density at radius 1 is 0.368 bits per heavy atom. The molecule has 1 amide bonds. The van der Waals surface area contributed by atoms with Crippen LogP contribution in [0, 0.1) is 0 Å².